The summed E-state index contributed by atoms with van der Waals surface area (Å²) in [5.74, 6) is 3.49. The number of nitrogens with one attached hydrogen (secondary N) is 1. The highest BCUT2D eigenvalue weighted by molar-refractivity contribution is 7.19. The number of hydrogen-bond acceptors (Lipinski definition) is 4. The van der Waals surface area contributed by atoms with E-state index in [1.54, 1.807) is 17.4 Å². The number of fused-ring (bicyclic) bond motifs is 2. The molecule has 32 heavy (non-hydrogen) atoms. The third-order valence-corrected chi connectivity index (χ3v) is 7.07. The number of nitrogens with zero attached hydrogens (tertiary/aromatic N) is 1. The van der Waals surface area contributed by atoms with Crippen LogP contribution in [0.5, 0.6) is 5.75 Å². The third-order valence-electron chi connectivity index (χ3n) is 5.84. The number of aliphatic hydroxyl groups excluding tert-OH is 1. The van der Waals surface area contributed by atoms with Gasteiger partial charge in [-0.05, 0) is 54.3 Å². The Labute approximate surface area is 189 Å². The molecule has 0 saturated heterocycles. The number of benzene rings is 2. The second-order valence-corrected chi connectivity index (χ2v) is 9.14. The van der Waals surface area contributed by atoms with Gasteiger partial charge in [-0.2, -0.15) is 0 Å². The summed E-state index contributed by atoms with van der Waals surface area (Å²) in [5, 5.41) is 12.6. The first-order valence-electron chi connectivity index (χ1n) is 10.6. The fourth-order valence-electron chi connectivity index (χ4n) is 4.23. The van der Waals surface area contributed by atoms with E-state index in [0.717, 1.165) is 45.4 Å². The molecule has 6 heteroatoms. The molecule has 3 heterocycles. The Bertz CT molecular complexity index is 1330. The normalized spacial score (nSPS) is 17.3. The Balaban J connectivity index is 1.25. The molecule has 4 nitrogen and oxygen atoms in total. The van der Waals surface area contributed by atoms with Crippen molar-refractivity contribution in [3.8, 4) is 18.1 Å². The smallest absolute Gasteiger partial charge is 0.128 e. The molecule has 0 aliphatic carbocycles. The summed E-state index contributed by atoms with van der Waals surface area (Å²) >= 11 is 1.61. The number of aromatic nitrogens is 1. The van der Waals surface area contributed by atoms with Crippen molar-refractivity contribution >= 4 is 32.3 Å². The van der Waals surface area contributed by atoms with Crippen LogP contribution in [0.2, 0.25) is 0 Å². The molecule has 5 rings (SSSR count). The Morgan fingerprint density at radius 3 is 3.06 bits per heavy atom. The summed E-state index contributed by atoms with van der Waals surface area (Å²) in [6.45, 7) is 1.33. The van der Waals surface area contributed by atoms with Crippen molar-refractivity contribution in [3.63, 3.8) is 0 Å². The van der Waals surface area contributed by atoms with Gasteiger partial charge in [0.2, 0.25) is 0 Å². The number of terminal acetylenes is 1. The van der Waals surface area contributed by atoms with E-state index in [9.17, 15) is 9.50 Å². The summed E-state index contributed by atoms with van der Waals surface area (Å²) in [7, 11) is 0. The molecule has 2 atom stereocenters. The van der Waals surface area contributed by atoms with Crippen LogP contribution in [-0.2, 0) is 0 Å². The van der Waals surface area contributed by atoms with Gasteiger partial charge < -0.3 is 19.7 Å². The van der Waals surface area contributed by atoms with E-state index in [2.05, 4.69) is 23.0 Å². The van der Waals surface area contributed by atoms with Crippen molar-refractivity contribution in [1.82, 2.24) is 9.88 Å². The molecule has 0 fully saturated rings. The van der Waals surface area contributed by atoms with Crippen LogP contribution in [0.1, 0.15) is 17.2 Å². The molecular weight excluding hydrogens is 423 g/mol. The zero-order valence-electron chi connectivity index (χ0n) is 17.4. The molecule has 1 aliphatic heterocycles. The van der Waals surface area contributed by atoms with Crippen LogP contribution in [0.25, 0.3) is 21.0 Å². The second kappa shape index (κ2) is 8.70. The van der Waals surface area contributed by atoms with Gasteiger partial charge in [-0.1, -0.05) is 18.1 Å². The first-order valence-corrected chi connectivity index (χ1v) is 11.4. The Kier molecular flexibility index (Phi) is 5.60. The van der Waals surface area contributed by atoms with Gasteiger partial charge in [-0.15, -0.1) is 17.8 Å². The number of β-amino-alcohol motifs (C(OH)–C–C–N with tert-alkyl or cyclic N) is 1. The molecule has 0 radical (unpaired) electrons. The number of aromatic amines is 1. The predicted octanol–water partition coefficient (Wildman–Crippen LogP) is 5.27. The fraction of sp³-hybridized carbons (Fsp3) is 0.231. The van der Waals surface area contributed by atoms with Crippen LogP contribution in [0, 0.1) is 18.2 Å². The van der Waals surface area contributed by atoms with Gasteiger partial charge in [0.25, 0.3) is 0 Å². The molecule has 162 valence electrons. The lowest BCUT2D eigenvalue weighted by Gasteiger charge is -2.32. The Hall–Kier alpha value is -3.27. The van der Waals surface area contributed by atoms with Gasteiger partial charge >= 0.3 is 0 Å². The number of aliphatic hydroxyl groups is 1. The van der Waals surface area contributed by atoms with E-state index in [1.165, 1.54) is 10.9 Å². The van der Waals surface area contributed by atoms with Crippen LogP contribution in [0.15, 0.2) is 66.5 Å². The molecule has 0 spiro atoms. The van der Waals surface area contributed by atoms with E-state index in [1.807, 2.05) is 41.4 Å². The molecule has 0 bridgehead atoms. The van der Waals surface area contributed by atoms with Gasteiger partial charge in [-0.25, -0.2) is 4.39 Å². The molecule has 2 aromatic heterocycles. The monoisotopic (exact) mass is 446 g/mol. The quantitative estimate of drug-likeness (QED) is 0.397. The maximum atomic E-state index is 13.5. The van der Waals surface area contributed by atoms with Crippen LogP contribution in [0.3, 0.4) is 0 Å². The highest BCUT2D eigenvalue weighted by Gasteiger charge is 2.24. The van der Waals surface area contributed by atoms with Crippen molar-refractivity contribution in [2.45, 2.75) is 18.4 Å². The van der Waals surface area contributed by atoms with E-state index < -0.39 is 6.10 Å². The molecule has 0 unspecified atom stereocenters. The zero-order chi connectivity index (χ0) is 22.1. The van der Waals surface area contributed by atoms with Crippen LogP contribution in [-0.4, -0.2) is 40.8 Å². The maximum absolute atomic E-state index is 13.5. The average molecular weight is 447 g/mol. The van der Waals surface area contributed by atoms with Gasteiger partial charge in [-0.3, -0.25) is 0 Å². The highest BCUT2D eigenvalue weighted by atomic mass is 32.1. The van der Waals surface area contributed by atoms with Crippen molar-refractivity contribution < 1.29 is 14.2 Å². The second-order valence-electron chi connectivity index (χ2n) is 8.03. The predicted molar refractivity (Wildman–Crippen MR) is 127 cm³/mol. The minimum Gasteiger partial charge on any atom is -0.490 e. The summed E-state index contributed by atoms with van der Waals surface area (Å²) < 4.78 is 20.4. The summed E-state index contributed by atoms with van der Waals surface area (Å²) in [4.78, 5) is 6.38. The summed E-state index contributed by atoms with van der Waals surface area (Å²) in [6.07, 6.45) is 9.96. The van der Waals surface area contributed by atoms with Crippen LogP contribution >= 0.6 is 11.3 Å². The lowest BCUT2D eigenvalue weighted by Crippen LogP contribution is -2.37. The van der Waals surface area contributed by atoms with Crippen LogP contribution in [0.4, 0.5) is 4.39 Å². The molecule has 2 aromatic carbocycles. The zero-order valence-corrected chi connectivity index (χ0v) is 18.2. The first-order chi connectivity index (χ1) is 15.6. The first kappa shape index (κ1) is 20.6. The summed E-state index contributed by atoms with van der Waals surface area (Å²) in [5.41, 5.74) is 1.78. The molecule has 4 aromatic rings. The molecular formula is C26H23FN2O2S. The van der Waals surface area contributed by atoms with E-state index in [4.69, 9.17) is 11.2 Å². The standard InChI is InChI=1S/C26H23FN2O2S/c1-2-20-12-18(25-13-17-6-7-19(27)14-26(17)32-25)9-11-29(20)15-21(30)16-31-24-5-3-4-23-22(24)8-10-28-23/h1,3-8,10,12-14,18,21,28,30H,9,11,15-16H2/t18-,21-/m0/s1. The number of thiophene rings is 1. The number of H-pyrrole nitrogens is 1. The molecule has 1 aliphatic rings. The maximum Gasteiger partial charge on any atom is 0.128 e. The largest absolute Gasteiger partial charge is 0.490 e. The Morgan fingerprint density at radius 2 is 2.19 bits per heavy atom. The van der Waals surface area contributed by atoms with Gasteiger partial charge in [0.1, 0.15) is 24.3 Å². The van der Waals surface area contributed by atoms with Crippen molar-refractivity contribution in [3.05, 3.63) is 77.2 Å². The number of hydrogen-bond donors (Lipinski definition) is 2. The lowest BCUT2D eigenvalue weighted by molar-refractivity contribution is 0.0783. The van der Waals surface area contributed by atoms with Gasteiger partial charge in [0, 0.05) is 45.7 Å². The van der Waals surface area contributed by atoms with E-state index in [-0.39, 0.29) is 18.3 Å². The van der Waals surface area contributed by atoms with Crippen LogP contribution < -0.4 is 4.74 Å². The SMILES string of the molecule is C#CC1=C[C@@H](c2cc3ccc(F)cc3s2)CCN1C[C@H](O)COc1cccc2[nH]ccc12. The minimum atomic E-state index is -0.676. The number of allylic oxidation sites excluding steroid dienone is 2. The lowest BCUT2D eigenvalue weighted by atomic mass is 9.97. The fourth-order valence-corrected chi connectivity index (χ4v) is 5.43. The number of rotatable bonds is 6. The minimum absolute atomic E-state index is 0.184. The van der Waals surface area contributed by atoms with Crippen molar-refractivity contribution in [1.29, 1.82) is 0 Å². The summed E-state index contributed by atoms with van der Waals surface area (Å²) in [6, 6.07) is 14.8. The average Bonchev–Trinajstić information content (AvgIpc) is 3.44. The number of ether oxygens (including phenoxy) is 1. The Morgan fingerprint density at radius 1 is 1.28 bits per heavy atom. The molecule has 0 saturated carbocycles. The van der Waals surface area contributed by atoms with E-state index in [0.29, 0.717) is 6.54 Å². The molecule has 0 amide bonds. The number of halogens is 1. The van der Waals surface area contributed by atoms with Gasteiger partial charge in [0.05, 0.1) is 5.70 Å². The van der Waals surface area contributed by atoms with Crippen molar-refractivity contribution in [2.75, 3.05) is 19.7 Å². The van der Waals surface area contributed by atoms with Gasteiger partial charge in [0.15, 0.2) is 0 Å². The topological polar surface area (TPSA) is 48.5 Å². The van der Waals surface area contributed by atoms with Crippen molar-refractivity contribution in [2.24, 2.45) is 0 Å². The van der Waals surface area contributed by atoms with E-state index >= 15 is 0 Å². The third kappa shape index (κ3) is 4.10. The highest BCUT2D eigenvalue weighted by Crippen LogP contribution is 2.36. The molecule has 2 N–H and O–H groups in total.